The first kappa shape index (κ1) is 17.7. The molecule has 0 aliphatic carbocycles. The first-order valence-corrected chi connectivity index (χ1v) is 8.60. The van der Waals surface area contributed by atoms with Gasteiger partial charge >= 0.3 is 0 Å². The zero-order chi connectivity index (χ0) is 18.5. The molecule has 0 bridgehead atoms. The van der Waals surface area contributed by atoms with Crippen molar-refractivity contribution in [2.75, 3.05) is 11.9 Å². The van der Waals surface area contributed by atoms with E-state index < -0.39 is 6.04 Å². The van der Waals surface area contributed by atoms with E-state index in [4.69, 9.17) is 0 Å². The molecular formula is C20H21N3O3. The third kappa shape index (κ3) is 4.08. The van der Waals surface area contributed by atoms with E-state index in [9.17, 15) is 14.4 Å². The fourth-order valence-corrected chi connectivity index (χ4v) is 2.83. The predicted octanol–water partition coefficient (Wildman–Crippen LogP) is 2.26. The lowest BCUT2D eigenvalue weighted by Crippen LogP contribution is -2.50. The zero-order valence-electron chi connectivity index (χ0n) is 14.5. The van der Waals surface area contributed by atoms with Gasteiger partial charge in [-0.2, -0.15) is 0 Å². The maximum atomic E-state index is 12.5. The second-order valence-corrected chi connectivity index (χ2v) is 6.31. The van der Waals surface area contributed by atoms with Crippen LogP contribution in [0.5, 0.6) is 0 Å². The molecule has 1 aliphatic heterocycles. The van der Waals surface area contributed by atoms with Crippen LogP contribution in [0.1, 0.15) is 39.1 Å². The monoisotopic (exact) mass is 351 g/mol. The first-order valence-electron chi connectivity index (χ1n) is 8.60. The maximum Gasteiger partial charge on any atom is 0.255 e. The van der Waals surface area contributed by atoms with Crippen molar-refractivity contribution >= 4 is 23.4 Å². The number of piperidine rings is 1. The SMILES string of the molecule is Cc1ccc(C(=O)NC2CCCNC2=O)cc1NC(=O)c1ccccc1. The van der Waals surface area contributed by atoms with E-state index >= 15 is 0 Å². The molecule has 1 fully saturated rings. The minimum Gasteiger partial charge on any atom is -0.354 e. The summed E-state index contributed by atoms with van der Waals surface area (Å²) in [5.41, 5.74) is 2.36. The van der Waals surface area contributed by atoms with E-state index in [1.54, 1.807) is 42.5 Å². The summed E-state index contributed by atoms with van der Waals surface area (Å²) >= 11 is 0. The number of rotatable bonds is 4. The average Bonchev–Trinajstić information content (AvgIpc) is 2.66. The number of amides is 3. The fourth-order valence-electron chi connectivity index (χ4n) is 2.83. The van der Waals surface area contributed by atoms with Crippen molar-refractivity contribution in [1.82, 2.24) is 10.6 Å². The minimum absolute atomic E-state index is 0.158. The van der Waals surface area contributed by atoms with Crippen LogP contribution in [0, 0.1) is 6.92 Å². The highest BCUT2D eigenvalue weighted by Crippen LogP contribution is 2.18. The normalized spacial score (nSPS) is 16.5. The highest BCUT2D eigenvalue weighted by Gasteiger charge is 2.24. The molecule has 1 unspecified atom stereocenters. The Morgan fingerprint density at radius 1 is 1.04 bits per heavy atom. The summed E-state index contributed by atoms with van der Waals surface area (Å²) in [7, 11) is 0. The minimum atomic E-state index is -0.514. The Bertz CT molecular complexity index is 833. The molecule has 0 spiro atoms. The smallest absolute Gasteiger partial charge is 0.255 e. The number of benzene rings is 2. The van der Waals surface area contributed by atoms with Crippen LogP contribution in [-0.2, 0) is 4.79 Å². The molecule has 3 amide bonds. The Kier molecular flexibility index (Phi) is 5.31. The molecule has 134 valence electrons. The number of carbonyl (C=O) groups excluding carboxylic acids is 3. The lowest BCUT2D eigenvalue weighted by atomic mass is 10.0. The van der Waals surface area contributed by atoms with Gasteiger partial charge in [0.1, 0.15) is 6.04 Å². The van der Waals surface area contributed by atoms with E-state index in [0.717, 1.165) is 12.0 Å². The summed E-state index contributed by atoms with van der Waals surface area (Å²) in [6.07, 6.45) is 1.46. The van der Waals surface area contributed by atoms with Crippen molar-refractivity contribution in [3.05, 3.63) is 65.2 Å². The van der Waals surface area contributed by atoms with Gasteiger partial charge < -0.3 is 16.0 Å². The molecule has 0 aromatic heterocycles. The Hall–Kier alpha value is -3.15. The van der Waals surface area contributed by atoms with Gasteiger partial charge in [0.2, 0.25) is 5.91 Å². The van der Waals surface area contributed by atoms with Crippen LogP contribution in [0.2, 0.25) is 0 Å². The second kappa shape index (κ2) is 7.82. The van der Waals surface area contributed by atoms with Gasteiger partial charge in [0.25, 0.3) is 11.8 Å². The summed E-state index contributed by atoms with van der Waals surface area (Å²) in [4.78, 5) is 36.6. The van der Waals surface area contributed by atoms with Crippen molar-refractivity contribution < 1.29 is 14.4 Å². The summed E-state index contributed by atoms with van der Waals surface area (Å²) in [6, 6.07) is 13.5. The Labute approximate surface area is 152 Å². The fraction of sp³-hybridized carbons (Fsp3) is 0.250. The molecule has 26 heavy (non-hydrogen) atoms. The quantitative estimate of drug-likeness (QED) is 0.789. The molecule has 3 rings (SSSR count). The number of aryl methyl sites for hydroxylation is 1. The van der Waals surface area contributed by atoms with Gasteiger partial charge in [0.05, 0.1) is 0 Å². The third-order valence-electron chi connectivity index (χ3n) is 4.37. The van der Waals surface area contributed by atoms with Gasteiger partial charge in [-0.15, -0.1) is 0 Å². The van der Waals surface area contributed by atoms with Gasteiger partial charge in [-0.1, -0.05) is 24.3 Å². The average molecular weight is 351 g/mol. The Morgan fingerprint density at radius 3 is 2.54 bits per heavy atom. The molecule has 1 heterocycles. The third-order valence-corrected chi connectivity index (χ3v) is 4.37. The first-order chi connectivity index (χ1) is 12.5. The summed E-state index contributed by atoms with van der Waals surface area (Å²) in [6.45, 7) is 2.50. The second-order valence-electron chi connectivity index (χ2n) is 6.31. The zero-order valence-corrected chi connectivity index (χ0v) is 14.5. The van der Waals surface area contributed by atoms with Crippen molar-refractivity contribution in [3.8, 4) is 0 Å². The van der Waals surface area contributed by atoms with E-state index in [2.05, 4.69) is 16.0 Å². The number of nitrogens with one attached hydrogen (secondary N) is 3. The molecular weight excluding hydrogens is 330 g/mol. The van der Waals surface area contributed by atoms with Crippen LogP contribution in [-0.4, -0.2) is 30.3 Å². The molecule has 0 saturated carbocycles. The lowest BCUT2D eigenvalue weighted by molar-refractivity contribution is -0.124. The van der Waals surface area contributed by atoms with Crippen LogP contribution in [0.4, 0.5) is 5.69 Å². The van der Waals surface area contributed by atoms with Gasteiger partial charge in [0.15, 0.2) is 0 Å². The molecule has 1 atom stereocenters. The van der Waals surface area contributed by atoms with Crippen molar-refractivity contribution in [1.29, 1.82) is 0 Å². The van der Waals surface area contributed by atoms with Gasteiger partial charge in [0, 0.05) is 23.4 Å². The Morgan fingerprint density at radius 2 is 1.81 bits per heavy atom. The molecule has 2 aromatic rings. The van der Waals surface area contributed by atoms with Crippen molar-refractivity contribution in [2.45, 2.75) is 25.8 Å². The van der Waals surface area contributed by atoms with Crippen LogP contribution in [0.25, 0.3) is 0 Å². The molecule has 2 aromatic carbocycles. The van der Waals surface area contributed by atoms with Crippen molar-refractivity contribution in [3.63, 3.8) is 0 Å². The molecule has 0 radical (unpaired) electrons. The molecule has 1 saturated heterocycles. The van der Waals surface area contributed by atoms with Crippen LogP contribution >= 0.6 is 0 Å². The van der Waals surface area contributed by atoms with E-state index in [1.165, 1.54) is 0 Å². The molecule has 6 heteroatoms. The largest absolute Gasteiger partial charge is 0.354 e. The van der Waals surface area contributed by atoms with Crippen molar-refractivity contribution in [2.24, 2.45) is 0 Å². The number of carbonyl (C=O) groups is 3. The lowest BCUT2D eigenvalue weighted by Gasteiger charge is -2.23. The van der Waals surface area contributed by atoms with E-state index in [1.807, 2.05) is 13.0 Å². The maximum absolute atomic E-state index is 12.5. The Balaban J connectivity index is 1.73. The number of anilines is 1. The predicted molar refractivity (Wildman–Crippen MR) is 99.1 cm³/mol. The summed E-state index contributed by atoms with van der Waals surface area (Å²) < 4.78 is 0. The van der Waals surface area contributed by atoms with Crippen LogP contribution in [0.3, 0.4) is 0 Å². The summed E-state index contributed by atoms with van der Waals surface area (Å²) in [5, 5.41) is 8.33. The highest BCUT2D eigenvalue weighted by atomic mass is 16.2. The van der Waals surface area contributed by atoms with Crippen LogP contribution < -0.4 is 16.0 Å². The number of hydrogen-bond donors (Lipinski definition) is 3. The van der Waals surface area contributed by atoms with E-state index in [0.29, 0.717) is 29.8 Å². The molecule has 6 nitrogen and oxygen atoms in total. The standard InChI is InChI=1S/C20H21N3O3/c1-13-9-10-15(19(25)22-16-8-5-11-21-20(16)26)12-17(13)23-18(24)14-6-3-2-4-7-14/h2-4,6-7,9-10,12,16H,5,8,11H2,1H3,(H,21,26)(H,22,25)(H,23,24). The molecule has 1 aliphatic rings. The number of hydrogen-bond acceptors (Lipinski definition) is 3. The molecule has 3 N–H and O–H groups in total. The highest BCUT2D eigenvalue weighted by molar-refractivity contribution is 6.05. The van der Waals surface area contributed by atoms with Gasteiger partial charge in [-0.05, 0) is 49.6 Å². The topological polar surface area (TPSA) is 87.3 Å². The summed E-state index contributed by atoms with van der Waals surface area (Å²) in [5.74, 6) is -0.727. The van der Waals surface area contributed by atoms with Gasteiger partial charge in [-0.25, -0.2) is 0 Å². The van der Waals surface area contributed by atoms with Gasteiger partial charge in [-0.3, -0.25) is 14.4 Å². The van der Waals surface area contributed by atoms with E-state index in [-0.39, 0.29) is 17.7 Å². The van der Waals surface area contributed by atoms with Crippen LogP contribution in [0.15, 0.2) is 48.5 Å².